The molecule has 0 heterocycles. The maximum absolute atomic E-state index is 12.6. The van der Waals surface area contributed by atoms with E-state index < -0.39 is 0 Å². The summed E-state index contributed by atoms with van der Waals surface area (Å²) < 4.78 is 11.0. The number of carbonyl (C=O) groups excluding carboxylic acids is 2. The standard InChI is InChI=1S/C27H23N3O4/c1-33-25-16-19(14-15-24(25)34-18-26(31)29-21-10-3-2-4-11-21)17-28-30-27(32)23-13-7-9-20-8-5-6-12-22(20)23/h2-17H,18H2,1H3,(H,29,31)(H,30,32)/b28-17-. The van der Waals surface area contributed by atoms with Gasteiger partial charge in [-0.3, -0.25) is 9.59 Å². The summed E-state index contributed by atoms with van der Waals surface area (Å²) in [5.41, 5.74) is 4.49. The first-order valence-corrected chi connectivity index (χ1v) is 10.6. The van der Waals surface area contributed by atoms with Gasteiger partial charge in [0, 0.05) is 11.3 Å². The molecule has 0 spiro atoms. The minimum atomic E-state index is -0.301. The fourth-order valence-corrected chi connectivity index (χ4v) is 3.39. The fraction of sp³-hybridized carbons (Fsp3) is 0.0741. The van der Waals surface area contributed by atoms with Crippen LogP contribution in [0.25, 0.3) is 10.8 Å². The molecule has 34 heavy (non-hydrogen) atoms. The number of nitrogens with one attached hydrogen (secondary N) is 2. The van der Waals surface area contributed by atoms with Crippen LogP contribution in [-0.4, -0.2) is 31.7 Å². The highest BCUT2D eigenvalue weighted by Crippen LogP contribution is 2.27. The summed E-state index contributed by atoms with van der Waals surface area (Å²) in [4.78, 5) is 24.7. The van der Waals surface area contributed by atoms with E-state index >= 15 is 0 Å². The van der Waals surface area contributed by atoms with Crippen LogP contribution >= 0.6 is 0 Å². The Balaban J connectivity index is 1.37. The van der Waals surface area contributed by atoms with Crippen LogP contribution in [-0.2, 0) is 4.79 Å². The molecule has 7 nitrogen and oxygen atoms in total. The van der Waals surface area contributed by atoms with Crippen molar-refractivity contribution in [1.82, 2.24) is 5.43 Å². The Kier molecular flexibility index (Phi) is 7.15. The molecule has 7 heteroatoms. The van der Waals surface area contributed by atoms with Crippen molar-refractivity contribution in [2.24, 2.45) is 5.10 Å². The molecule has 0 fully saturated rings. The Morgan fingerprint density at radius 1 is 0.882 bits per heavy atom. The van der Waals surface area contributed by atoms with Crippen molar-refractivity contribution in [3.63, 3.8) is 0 Å². The van der Waals surface area contributed by atoms with Crippen molar-refractivity contribution in [3.8, 4) is 11.5 Å². The van der Waals surface area contributed by atoms with Gasteiger partial charge in [-0.25, -0.2) is 5.43 Å². The maximum Gasteiger partial charge on any atom is 0.271 e. The minimum absolute atomic E-state index is 0.167. The van der Waals surface area contributed by atoms with Gasteiger partial charge >= 0.3 is 0 Å². The number of rotatable bonds is 8. The summed E-state index contributed by atoms with van der Waals surface area (Å²) in [6.45, 7) is -0.167. The predicted octanol–water partition coefficient (Wildman–Crippen LogP) is 4.63. The van der Waals surface area contributed by atoms with Gasteiger partial charge in [0.05, 0.1) is 13.3 Å². The largest absolute Gasteiger partial charge is 0.493 e. The molecule has 0 saturated carbocycles. The summed E-state index contributed by atoms with van der Waals surface area (Å²) in [5.74, 6) is 0.277. The summed E-state index contributed by atoms with van der Waals surface area (Å²) in [6, 6.07) is 27.5. The molecule has 0 aliphatic heterocycles. The predicted molar refractivity (Wildman–Crippen MR) is 133 cm³/mol. The molecule has 0 radical (unpaired) electrons. The molecule has 0 saturated heterocycles. The topological polar surface area (TPSA) is 89.0 Å². The van der Waals surface area contributed by atoms with Crippen LogP contribution in [0.1, 0.15) is 15.9 Å². The number of para-hydroxylation sites is 1. The number of methoxy groups -OCH3 is 1. The van der Waals surface area contributed by atoms with Gasteiger partial charge in [-0.2, -0.15) is 5.10 Å². The molecular weight excluding hydrogens is 430 g/mol. The first-order chi connectivity index (χ1) is 16.6. The van der Waals surface area contributed by atoms with Crippen molar-refractivity contribution in [3.05, 3.63) is 102 Å². The Morgan fingerprint density at radius 3 is 2.47 bits per heavy atom. The zero-order valence-electron chi connectivity index (χ0n) is 18.5. The molecule has 0 aromatic heterocycles. The second-order valence-corrected chi connectivity index (χ2v) is 7.34. The molecule has 2 N–H and O–H groups in total. The summed E-state index contributed by atoms with van der Waals surface area (Å²) in [5, 5.41) is 8.67. The first kappa shape index (κ1) is 22.5. The third-order valence-electron chi connectivity index (χ3n) is 5.02. The van der Waals surface area contributed by atoms with E-state index in [1.165, 1.54) is 13.3 Å². The van der Waals surface area contributed by atoms with Gasteiger partial charge in [-0.05, 0) is 52.7 Å². The zero-order valence-corrected chi connectivity index (χ0v) is 18.5. The number of hydrogen-bond donors (Lipinski definition) is 2. The van der Waals surface area contributed by atoms with Gasteiger partial charge in [0.15, 0.2) is 18.1 Å². The van der Waals surface area contributed by atoms with Gasteiger partial charge in [0.25, 0.3) is 11.8 Å². The number of anilines is 1. The summed E-state index contributed by atoms with van der Waals surface area (Å²) in [6.07, 6.45) is 1.51. The van der Waals surface area contributed by atoms with Crippen LogP contribution in [0.4, 0.5) is 5.69 Å². The van der Waals surface area contributed by atoms with E-state index in [2.05, 4.69) is 15.8 Å². The van der Waals surface area contributed by atoms with Crippen LogP contribution < -0.4 is 20.2 Å². The van der Waals surface area contributed by atoms with E-state index in [1.54, 1.807) is 36.4 Å². The lowest BCUT2D eigenvalue weighted by molar-refractivity contribution is -0.118. The van der Waals surface area contributed by atoms with E-state index in [-0.39, 0.29) is 18.4 Å². The van der Waals surface area contributed by atoms with E-state index in [9.17, 15) is 9.59 Å². The molecule has 4 rings (SSSR count). The number of fused-ring (bicyclic) bond motifs is 1. The van der Waals surface area contributed by atoms with E-state index in [0.29, 0.717) is 28.3 Å². The van der Waals surface area contributed by atoms with Gasteiger partial charge in [0.2, 0.25) is 0 Å². The van der Waals surface area contributed by atoms with Crippen LogP contribution in [0.15, 0.2) is 96.1 Å². The summed E-state index contributed by atoms with van der Waals surface area (Å²) in [7, 11) is 1.51. The van der Waals surface area contributed by atoms with Crippen LogP contribution in [0.5, 0.6) is 11.5 Å². The highest BCUT2D eigenvalue weighted by Gasteiger charge is 2.10. The van der Waals surface area contributed by atoms with Gasteiger partial charge in [-0.1, -0.05) is 54.6 Å². The van der Waals surface area contributed by atoms with Crippen molar-refractivity contribution in [2.45, 2.75) is 0 Å². The molecule has 0 aliphatic carbocycles. The second kappa shape index (κ2) is 10.8. The Labute approximate surface area is 197 Å². The van der Waals surface area contributed by atoms with E-state index in [1.807, 2.05) is 54.6 Å². The average molecular weight is 453 g/mol. The lowest BCUT2D eigenvalue weighted by Crippen LogP contribution is -2.20. The molecule has 0 unspecified atom stereocenters. The van der Waals surface area contributed by atoms with Crippen LogP contribution in [0.3, 0.4) is 0 Å². The quantitative estimate of drug-likeness (QED) is 0.301. The van der Waals surface area contributed by atoms with Crippen molar-refractivity contribution < 1.29 is 19.1 Å². The van der Waals surface area contributed by atoms with Gasteiger partial charge < -0.3 is 14.8 Å². The average Bonchev–Trinajstić information content (AvgIpc) is 2.88. The number of ether oxygens (including phenoxy) is 2. The lowest BCUT2D eigenvalue weighted by Gasteiger charge is -2.11. The zero-order chi connectivity index (χ0) is 23.8. The number of hydrogen-bond acceptors (Lipinski definition) is 5. The molecular formula is C27H23N3O4. The van der Waals surface area contributed by atoms with E-state index in [4.69, 9.17) is 9.47 Å². The summed E-state index contributed by atoms with van der Waals surface area (Å²) >= 11 is 0. The van der Waals surface area contributed by atoms with E-state index in [0.717, 1.165) is 10.8 Å². The number of nitrogens with zero attached hydrogens (tertiary/aromatic N) is 1. The van der Waals surface area contributed by atoms with Crippen LogP contribution in [0.2, 0.25) is 0 Å². The number of amides is 2. The number of benzene rings is 4. The molecule has 0 atom stereocenters. The number of hydrazone groups is 1. The molecule has 4 aromatic rings. The number of carbonyl (C=O) groups is 2. The first-order valence-electron chi connectivity index (χ1n) is 10.6. The Hall–Kier alpha value is -4.65. The normalized spacial score (nSPS) is 10.7. The second-order valence-electron chi connectivity index (χ2n) is 7.34. The third kappa shape index (κ3) is 5.58. The highest BCUT2D eigenvalue weighted by molar-refractivity contribution is 6.07. The Bertz CT molecular complexity index is 1330. The van der Waals surface area contributed by atoms with Crippen LogP contribution in [0, 0.1) is 0 Å². The third-order valence-corrected chi connectivity index (χ3v) is 5.02. The SMILES string of the molecule is COc1cc(/C=N\NC(=O)c2cccc3ccccc23)ccc1OCC(=O)Nc1ccccc1. The molecule has 170 valence electrons. The van der Waals surface area contributed by atoms with Gasteiger partial charge in [-0.15, -0.1) is 0 Å². The fourth-order valence-electron chi connectivity index (χ4n) is 3.39. The van der Waals surface area contributed by atoms with Crippen molar-refractivity contribution in [2.75, 3.05) is 19.0 Å². The van der Waals surface area contributed by atoms with Gasteiger partial charge in [0.1, 0.15) is 0 Å². The molecule has 4 aromatic carbocycles. The minimum Gasteiger partial charge on any atom is -0.493 e. The maximum atomic E-state index is 12.6. The molecule has 0 bridgehead atoms. The highest BCUT2D eigenvalue weighted by atomic mass is 16.5. The van der Waals surface area contributed by atoms with Crippen molar-refractivity contribution in [1.29, 1.82) is 0 Å². The molecule has 2 amide bonds. The monoisotopic (exact) mass is 453 g/mol. The Morgan fingerprint density at radius 2 is 1.65 bits per heavy atom. The van der Waals surface area contributed by atoms with Crippen molar-refractivity contribution >= 4 is 34.5 Å². The lowest BCUT2D eigenvalue weighted by atomic mass is 10.0. The molecule has 0 aliphatic rings. The smallest absolute Gasteiger partial charge is 0.271 e.